The molecular weight excluding hydrogens is 971 g/mol. The van der Waals surface area contributed by atoms with Gasteiger partial charge in [0.1, 0.15) is 47.8 Å². The van der Waals surface area contributed by atoms with Crippen molar-refractivity contribution in [1.29, 1.82) is 0 Å². The summed E-state index contributed by atoms with van der Waals surface area (Å²) in [5.41, 5.74) is 5.05. The van der Waals surface area contributed by atoms with Gasteiger partial charge in [0, 0.05) is 18.0 Å². The Bertz CT molecular complexity index is 2770. The molecule has 3 aliphatic rings. The highest BCUT2D eigenvalue weighted by Gasteiger charge is 2.55. The number of H-pyrrole nitrogens is 1. The number of fused-ring (bicyclic) bond motifs is 3. The number of nitrogens with two attached hydrogens (primary N) is 1. The maximum Gasteiger partial charge on any atom is 0.472 e. The van der Waals surface area contributed by atoms with Crippen molar-refractivity contribution in [1.82, 2.24) is 29.1 Å². The molecule has 21 nitrogen and oxygen atoms in total. The third-order valence-electron chi connectivity index (χ3n) is 11.5. The van der Waals surface area contributed by atoms with Crippen LogP contribution in [0.25, 0.3) is 11.2 Å². The van der Waals surface area contributed by atoms with E-state index < -0.39 is 94.3 Å². The summed E-state index contributed by atoms with van der Waals surface area (Å²) in [6.07, 6.45) is -2.27. The minimum atomic E-state index is -5.24. The first-order valence-corrected chi connectivity index (χ1v) is 26.9. The first-order chi connectivity index (χ1) is 33.2. The van der Waals surface area contributed by atoms with Crippen molar-refractivity contribution in [3.05, 3.63) is 105 Å². The third-order valence-corrected chi connectivity index (χ3v) is 16.1. The van der Waals surface area contributed by atoms with Crippen LogP contribution in [0.1, 0.15) is 86.7 Å². The molecule has 0 aliphatic carbocycles. The molecule has 10 atom stereocenters. The van der Waals surface area contributed by atoms with Crippen LogP contribution in [-0.4, -0.2) is 96.5 Å². The number of ether oxygens (including phenoxy) is 4. The molecule has 0 saturated carbocycles. The number of aromatic amines is 1. The number of nitrogens with zero attached hydrogens (tertiary/aromatic N) is 5. The molecule has 0 amide bonds. The van der Waals surface area contributed by atoms with E-state index in [2.05, 4.69) is 21.9 Å². The zero-order valence-corrected chi connectivity index (χ0v) is 39.8. The minimum Gasteiger partial charge on any atom is -0.494 e. The van der Waals surface area contributed by atoms with Gasteiger partial charge in [-0.1, -0.05) is 64.0 Å². The van der Waals surface area contributed by atoms with E-state index in [0.29, 0.717) is 39.4 Å². The highest BCUT2D eigenvalue weighted by atomic mass is 32.7. The second-order valence-electron chi connectivity index (χ2n) is 16.4. The SMILES string of the molecule is CCCCCCCCCCOc1ccc(C(=O)Oc2ccc(CSP3(=O)OC[C@H]4O[C@@H](n5cnc6c(N)ncnc65)[C@@H](F)C4OP(=O)(O)OC[C@H]4O[C@@H](n5ccc(=O)[nH]c5=O)C(F)[C@H]4O3)cc2)cc1. The fourth-order valence-corrected chi connectivity index (χ4v) is 12.2. The molecule has 3 aromatic heterocycles. The van der Waals surface area contributed by atoms with E-state index in [1.54, 1.807) is 36.4 Å². The van der Waals surface area contributed by atoms with Gasteiger partial charge in [-0.15, -0.1) is 0 Å². The molecule has 0 spiro atoms. The Morgan fingerprint density at radius 2 is 1.48 bits per heavy atom. The van der Waals surface area contributed by atoms with E-state index in [1.165, 1.54) is 57.0 Å². The number of carbonyl (C=O) groups excluding carboxylic acids is 1. The molecule has 8 rings (SSSR count). The molecule has 4 N–H and O–H groups in total. The van der Waals surface area contributed by atoms with Crippen molar-refractivity contribution in [2.75, 3.05) is 25.6 Å². The first kappa shape index (κ1) is 50.5. The topological polar surface area (TPSA) is 270 Å². The van der Waals surface area contributed by atoms with Gasteiger partial charge in [0.15, 0.2) is 36.3 Å². The maximum absolute atomic E-state index is 16.5. The Balaban J connectivity index is 0.953. The summed E-state index contributed by atoms with van der Waals surface area (Å²) in [5, 5.41) is 0. The number of hydrogen-bond acceptors (Lipinski definition) is 18. The average Bonchev–Trinajstić information content (AvgIpc) is 3.99. The normalized spacial score (nSPS) is 28.3. The molecule has 3 aliphatic heterocycles. The number of unbranched alkanes of at least 4 members (excludes halogenated alkanes) is 7. The monoisotopic (exact) mass is 1020 g/mol. The average molecular weight is 1020 g/mol. The van der Waals surface area contributed by atoms with Gasteiger partial charge in [-0.2, -0.15) is 0 Å². The summed E-state index contributed by atoms with van der Waals surface area (Å²) < 4.78 is 109. The summed E-state index contributed by atoms with van der Waals surface area (Å²) in [5.74, 6) is 0.0933. The van der Waals surface area contributed by atoms with Gasteiger partial charge in [0.25, 0.3) is 5.56 Å². The van der Waals surface area contributed by atoms with Gasteiger partial charge in [-0.05, 0) is 59.8 Å². The molecule has 5 aromatic rings. The second kappa shape index (κ2) is 22.5. The molecule has 2 aromatic carbocycles. The van der Waals surface area contributed by atoms with Crippen LogP contribution in [0.3, 0.4) is 0 Å². The summed E-state index contributed by atoms with van der Waals surface area (Å²) >= 11 is 0.596. The Morgan fingerprint density at radius 1 is 0.841 bits per heavy atom. The molecule has 0 bridgehead atoms. The lowest BCUT2D eigenvalue weighted by atomic mass is 10.1. The quantitative estimate of drug-likeness (QED) is 0.0362. The van der Waals surface area contributed by atoms with E-state index in [-0.39, 0.29) is 28.5 Å². The van der Waals surface area contributed by atoms with Crippen LogP contribution in [0.2, 0.25) is 0 Å². The third kappa shape index (κ3) is 12.4. The number of benzene rings is 2. The summed E-state index contributed by atoms with van der Waals surface area (Å²) in [6.45, 7) is -3.63. The number of halogens is 2. The molecule has 6 heterocycles. The minimum absolute atomic E-state index is 0.0140. The van der Waals surface area contributed by atoms with E-state index in [0.717, 1.165) is 36.0 Å². The second-order valence-corrected chi connectivity index (χ2v) is 21.9. The highest BCUT2D eigenvalue weighted by Crippen LogP contribution is 2.65. The Kier molecular flexibility index (Phi) is 16.5. The van der Waals surface area contributed by atoms with Crippen LogP contribution in [0.4, 0.5) is 14.6 Å². The number of nitrogens with one attached hydrogen (secondary N) is 1. The molecule has 372 valence electrons. The predicted molar refractivity (Wildman–Crippen MR) is 245 cm³/mol. The summed E-state index contributed by atoms with van der Waals surface area (Å²) in [7, 11) is -5.24. The van der Waals surface area contributed by atoms with Gasteiger partial charge in [0.05, 0.1) is 31.7 Å². The lowest BCUT2D eigenvalue weighted by Crippen LogP contribution is -2.38. The van der Waals surface area contributed by atoms with E-state index in [1.807, 2.05) is 4.98 Å². The molecular formula is C43H51F2N7O14P2S. The molecule has 3 fully saturated rings. The van der Waals surface area contributed by atoms with Gasteiger partial charge < -0.3 is 29.6 Å². The number of rotatable bonds is 17. The van der Waals surface area contributed by atoms with Crippen molar-refractivity contribution in [3.63, 3.8) is 0 Å². The van der Waals surface area contributed by atoms with Crippen LogP contribution in [0.15, 0.2) is 83.0 Å². The Hall–Kier alpha value is -4.87. The number of phosphoric ester groups is 1. The van der Waals surface area contributed by atoms with Gasteiger partial charge in [0.2, 0.25) is 0 Å². The Morgan fingerprint density at radius 3 is 2.17 bits per heavy atom. The zero-order chi connectivity index (χ0) is 48.7. The van der Waals surface area contributed by atoms with Crippen molar-refractivity contribution >= 4 is 49.0 Å². The van der Waals surface area contributed by atoms with Gasteiger partial charge in [-0.3, -0.25) is 37.0 Å². The summed E-state index contributed by atoms with van der Waals surface area (Å²) in [6, 6.07) is 13.8. The van der Waals surface area contributed by atoms with E-state index in [9.17, 15) is 28.4 Å². The highest BCUT2D eigenvalue weighted by molar-refractivity contribution is 8.54. The van der Waals surface area contributed by atoms with Crippen LogP contribution >= 0.6 is 26.0 Å². The number of phosphoric acid groups is 1. The number of imidazole rings is 1. The Labute approximate surface area is 397 Å². The van der Waals surface area contributed by atoms with E-state index >= 15 is 8.78 Å². The number of anilines is 1. The molecule has 4 unspecified atom stereocenters. The molecule has 0 radical (unpaired) electrons. The van der Waals surface area contributed by atoms with Gasteiger partial charge >= 0.3 is 26.3 Å². The van der Waals surface area contributed by atoms with Crippen LogP contribution < -0.4 is 26.5 Å². The standard InChI is InChI=1S/C43H51F2N7O14P2S/c1-2-3-4-5-6-7-8-9-20-59-28-16-12-27(13-17-28)42(54)62-29-14-10-26(11-15-29)23-69-68(58)61-22-31-36(33(44)41(64-31)52-25-49-35-38(46)47-24-48-39(35)52)65-67(56,57)60-21-30-37(66-68)34(45)40(63-30)51-19-18-32(53)50-43(51)55/h10-19,24-25,30-31,33-34,36-37,40-41H,2-9,20-23H2,1H3,(H,56,57)(H2,46,47,48)(H,50,53,55)/t30-,31-,33+,34?,36?,37+,40-,41-,68?/m1/s1. The maximum atomic E-state index is 16.5. The fourth-order valence-electron chi connectivity index (χ4n) is 7.89. The van der Waals surface area contributed by atoms with Crippen molar-refractivity contribution in [3.8, 4) is 11.5 Å². The molecule has 3 saturated heterocycles. The number of esters is 1. The first-order valence-electron chi connectivity index (χ1n) is 22.3. The van der Waals surface area contributed by atoms with Gasteiger partial charge in [-0.25, -0.2) is 42.5 Å². The zero-order valence-electron chi connectivity index (χ0n) is 37.2. The lowest BCUT2D eigenvalue weighted by Gasteiger charge is -2.29. The summed E-state index contributed by atoms with van der Waals surface area (Å²) in [4.78, 5) is 62.4. The number of carbonyl (C=O) groups is 1. The number of alkyl halides is 2. The van der Waals surface area contributed by atoms with E-state index in [4.69, 9.17) is 42.8 Å². The number of nitrogen functional groups attached to an aromatic ring is 1. The lowest BCUT2D eigenvalue weighted by molar-refractivity contribution is -0.0619. The number of hydrogen-bond donors (Lipinski definition) is 3. The van der Waals surface area contributed by atoms with Crippen LogP contribution in [0, 0.1) is 0 Å². The van der Waals surface area contributed by atoms with Crippen LogP contribution in [0.5, 0.6) is 11.5 Å². The smallest absolute Gasteiger partial charge is 0.472 e. The van der Waals surface area contributed by atoms with Crippen molar-refractivity contribution in [2.45, 2.75) is 113 Å². The van der Waals surface area contributed by atoms with Crippen molar-refractivity contribution in [2.24, 2.45) is 0 Å². The predicted octanol–water partition coefficient (Wildman–Crippen LogP) is 7.13. The molecule has 69 heavy (non-hydrogen) atoms. The van der Waals surface area contributed by atoms with Crippen LogP contribution in [-0.2, 0) is 42.5 Å². The molecule has 26 heteroatoms. The number of aromatic nitrogens is 6. The fraction of sp³-hybridized carbons (Fsp3) is 0.488. The van der Waals surface area contributed by atoms with Crippen molar-refractivity contribution < 1.29 is 64.6 Å². The largest absolute Gasteiger partial charge is 0.494 e.